The summed E-state index contributed by atoms with van der Waals surface area (Å²) in [6.07, 6.45) is 5.49. The zero-order valence-electron chi connectivity index (χ0n) is 11.3. The average Bonchev–Trinajstić information content (AvgIpc) is 2.42. The van der Waals surface area contributed by atoms with Gasteiger partial charge in [0.05, 0.1) is 9.40 Å². The Kier molecular flexibility index (Phi) is 6.06. The molecule has 5 nitrogen and oxygen atoms in total. The Bertz CT molecular complexity index is 444. The van der Waals surface area contributed by atoms with Crippen LogP contribution in [0.15, 0.2) is 16.7 Å². The Morgan fingerprint density at radius 3 is 2.58 bits per heavy atom. The van der Waals surface area contributed by atoms with Crippen LogP contribution in [0.4, 0.5) is 11.5 Å². The number of thioether (sulfide) groups is 1. The summed E-state index contributed by atoms with van der Waals surface area (Å²) in [5.41, 5.74) is -0.0143. The topological polar surface area (TPSA) is 68.1 Å². The van der Waals surface area contributed by atoms with Crippen LogP contribution in [0.3, 0.4) is 0 Å². The maximum absolute atomic E-state index is 10.6. The molecule has 1 heterocycles. The average molecular weight is 348 g/mol. The predicted octanol–water partition coefficient (Wildman–Crippen LogP) is 4.09. The molecule has 106 valence electrons. The largest absolute Gasteiger partial charge is 0.368 e. The first-order chi connectivity index (χ1) is 8.98. The smallest absolute Gasteiger partial charge is 0.288 e. The van der Waals surface area contributed by atoms with Gasteiger partial charge in [0, 0.05) is 17.4 Å². The maximum Gasteiger partial charge on any atom is 0.288 e. The highest BCUT2D eigenvalue weighted by Gasteiger charge is 2.25. The van der Waals surface area contributed by atoms with E-state index in [9.17, 15) is 10.1 Å². The van der Waals surface area contributed by atoms with Crippen molar-refractivity contribution < 1.29 is 4.92 Å². The number of aromatic nitrogens is 1. The molecular weight excluding hydrogens is 330 g/mol. The highest BCUT2D eigenvalue weighted by molar-refractivity contribution is 9.10. The minimum atomic E-state index is -0.453. The SMILES string of the molecule is CCC(CC)(CNc1ncc([N+](=O)[O-])cc1Br)SC. The number of hydrogen-bond donors (Lipinski definition) is 1. The quantitative estimate of drug-likeness (QED) is 0.594. The molecule has 0 atom stereocenters. The van der Waals surface area contributed by atoms with Gasteiger partial charge in [-0.05, 0) is 35.0 Å². The number of anilines is 1. The van der Waals surface area contributed by atoms with Gasteiger partial charge in [0.2, 0.25) is 0 Å². The highest BCUT2D eigenvalue weighted by Crippen LogP contribution is 2.32. The summed E-state index contributed by atoms with van der Waals surface area (Å²) in [6, 6.07) is 1.47. The predicted molar refractivity (Wildman–Crippen MR) is 83.9 cm³/mol. The molecule has 0 radical (unpaired) electrons. The number of rotatable bonds is 7. The molecule has 19 heavy (non-hydrogen) atoms. The lowest BCUT2D eigenvalue weighted by Gasteiger charge is -2.30. The van der Waals surface area contributed by atoms with E-state index in [2.05, 4.69) is 46.3 Å². The molecule has 1 N–H and O–H groups in total. The molecule has 0 fully saturated rings. The molecular formula is C12H18BrN3O2S. The molecule has 1 aromatic heterocycles. The third kappa shape index (κ3) is 4.07. The van der Waals surface area contributed by atoms with Crippen LogP contribution >= 0.6 is 27.7 Å². The number of hydrogen-bond acceptors (Lipinski definition) is 5. The monoisotopic (exact) mass is 347 g/mol. The maximum atomic E-state index is 10.6. The Labute approximate surface area is 125 Å². The van der Waals surface area contributed by atoms with Crippen LogP contribution < -0.4 is 5.32 Å². The lowest BCUT2D eigenvalue weighted by molar-refractivity contribution is -0.385. The van der Waals surface area contributed by atoms with E-state index >= 15 is 0 Å². The first kappa shape index (κ1) is 16.2. The van der Waals surface area contributed by atoms with Gasteiger partial charge in [0.25, 0.3) is 5.69 Å². The second-order valence-electron chi connectivity index (χ2n) is 4.23. The van der Waals surface area contributed by atoms with Crippen molar-refractivity contribution in [3.8, 4) is 0 Å². The van der Waals surface area contributed by atoms with Crippen LogP contribution in [0.5, 0.6) is 0 Å². The summed E-state index contributed by atoms with van der Waals surface area (Å²) in [5.74, 6) is 0.644. The molecule has 0 saturated heterocycles. The van der Waals surface area contributed by atoms with Crippen LogP contribution in [-0.4, -0.2) is 27.5 Å². The second-order valence-corrected chi connectivity index (χ2v) is 6.36. The van der Waals surface area contributed by atoms with Crippen molar-refractivity contribution in [1.29, 1.82) is 0 Å². The number of nitrogens with one attached hydrogen (secondary N) is 1. The second kappa shape index (κ2) is 7.09. The Hall–Kier alpha value is -0.820. The highest BCUT2D eigenvalue weighted by atomic mass is 79.9. The van der Waals surface area contributed by atoms with E-state index in [0.717, 1.165) is 19.4 Å². The van der Waals surface area contributed by atoms with Gasteiger partial charge >= 0.3 is 0 Å². The number of nitro groups is 1. The summed E-state index contributed by atoms with van der Waals surface area (Å²) >= 11 is 5.15. The molecule has 0 amide bonds. The van der Waals surface area contributed by atoms with E-state index in [4.69, 9.17) is 0 Å². The lowest BCUT2D eigenvalue weighted by Crippen LogP contribution is -2.32. The molecule has 1 aromatic rings. The van der Waals surface area contributed by atoms with Crippen molar-refractivity contribution in [3.63, 3.8) is 0 Å². The normalized spacial score (nSPS) is 11.4. The van der Waals surface area contributed by atoms with Crippen molar-refractivity contribution in [1.82, 2.24) is 4.98 Å². The lowest BCUT2D eigenvalue weighted by atomic mass is 10.0. The molecule has 0 aliphatic carbocycles. The van der Waals surface area contributed by atoms with Crippen LogP contribution in [0, 0.1) is 10.1 Å². The minimum Gasteiger partial charge on any atom is -0.368 e. The van der Waals surface area contributed by atoms with Crippen molar-refractivity contribution in [2.45, 2.75) is 31.4 Å². The van der Waals surface area contributed by atoms with E-state index in [1.165, 1.54) is 12.3 Å². The molecule has 0 aliphatic heterocycles. The summed E-state index contributed by atoms with van der Waals surface area (Å²) in [5, 5.41) is 13.9. The fourth-order valence-corrected chi connectivity index (χ4v) is 3.03. The van der Waals surface area contributed by atoms with Gasteiger partial charge in [0.1, 0.15) is 12.0 Å². The molecule has 7 heteroatoms. The van der Waals surface area contributed by atoms with Gasteiger partial charge < -0.3 is 5.32 Å². The standard InChI is InChI=1S/C12H18BrN3O2S/c1-4-12(5-2,19-3)8-15-11-10(13)6-9(7-14-11)16(17)18/h6-7H,4-5,8H2,1-3H3,(H,14,15). The number of halogens is 1. The van der Waals surface area contributed by atoms with Gasteiger partial charge in [-0.2, -0.15) is 11.8 Å². The van der Waals surface area contributed by atoms with Gasteiger partial charge in [0.15, 0.2) is 0 Å². The van der Waals surface area contributed by atoms with Crippen LogP contribution in [0.2, 0.25) is 0 Å². The Morgan fingerprint density at radius 1 is 1.53 bits per heavy atom. The minimum absolute atomic E-state index is 0.0143. The molecule has 0 saturated carbocycles. The Morgan fingerprint density at radius 2 is 2.16 bits per heavy atom. The fraction of sp³-hybridized carbons (Fsp3) is 0.583. The number of nitrogens with zero attached hydrogens (tertiary/aromatic N) is 2. The van der Waals surface area contributed by atoms with E-state index in [1.54, 1.807) is 0 Å². The zero-order chi connectivity index (χ0) is 14.5. The summed E-state index contributed by atoms with van der Waals surface area (Å²) in [4.78, 5) is 14.3. The third-order valence-corrected chi connectivity index (χ3v) is 5.53. The summed E-state index contributed by atoms with van der Waals surface area (Å²) < 4.78 is 0.784. The molecule has 0 aromatic carbocycles. The first-order valence-corrected chi connectivity index (χ1v) is 8.08. The van der Waals surface area contributed by atoms with Gasteiger partial charge in [-0.3, -0.25) is 10.1 Å². The van der Waals surface area contributed by atoms with Crippen LogP contribution in [-0.2, 0) is 0 Å². The first-order valence-electron chi connectivity index (χ1n) is 6.07. The molecule has 0 spiro atoms. The van der Waals surface area contributed by atoms with Crippen molar-refractivity contribution in [2.75, 3.05) is 18.1 Å². The van der Waals surface area contributed by atoms with E-state index in [1.807, 2.05) is 11.8 Å². The van der Waals surface area contributed by atoms with Crippen molar-refractivity contribution >= 4 is 39.2 Å². The van der Waals surface area contributed by atoms with E-state index in [0.29, 0.717) is 10.3 Å². The fourth-order valence-electron chi connectivity index (χ4n) is 1.76. The Balaban J connectivity index is 2.80. The molecule has 1 rings (SSSR count). The van der Waals surface area contributed by atoms with E-state index < -0.39 is 4.92 Å². The molecule has 0 aliphatic rings. The van der Waals surface area contributed by atoms with E-state index in [-0.39, 0.29) is 10.4 Å². The summed E-state index contributed by atoms with van der Waals surface area (Å²) in [7, 11) is 0. The van der Waals surface area contributed by atoms with Crippen LogP contribution in [0.25, 0.3) is 0 Å². The zero-order valence-corrected chi connectivity index (χ0v) is 13.7. The number of pyridine rings is 1. The van der Waals surface area contributed by atoms with Gasteiger partial charge in [-0.15, -0.1) is 0 Å². The molecule has 0 unspecified atom stereocenters. The van der Waals surface area contributed by atoms with Crippen molar-refractivity contribution in [3.05, 3.63) is 26.9 Å². The van der Waals surface area contributed by atoms with Crippen LogP contribution in [0.1, 0.15) is 26.7 Å². The molecule has 0 bridgehead atoms. The van der Waals surface area contributed by atoms with Gasteiger partial charge in [-0.25, -0.2) is 4.98 Å². The van der Waals surface area contributed by atoms with Crippen molar-refractivity contribution in [2.24, 2.45) is 0 Å². The summed E-state index contributed by atoms with van der Waals surface area (Å²) in [6.45, 7) is 5.12. The third-order valence-electron chi connectivity index (χ3n) is 3.34. The van der Waals surface area contributed by atoms with Gasteiger partial charge in [-0.1, -0.05) is 13.8 Å².